The molecule has 29 heavy (non-hydrogen) atoms. The van der Waals surface area contributed by atoms with E-state index in [9.17, 15) is 18.4 Å². The Labute approximate surface area is 173 Å². The Kier molecular flexibility index (Phi) is 6.07. The fraction of sp³-hybridized carbons (Fsp3) is 0.150. The van der Waals surface area contributed by atoms with Gasteiger partial charge in [0.1, 0.15) is 28.5 Å². The van der Waals surface area contributed by atoms with Crippen LogP contribution < -0.4 is 15.6 Å². The molecule has 9 heteroatoms. The molecule has 0 bridgehead atoms. The van der Waals surface area contributed by atoms with E-state index in [1.165, 1.54) is 17.7 Å². The Morgan fingerprint density at radius 2 is 1.90 bits per heavy atom. The van der Waals surface area contributed by atoms with E-state index in [0.717, 1.165) is 12.1 Å². The largest absolute Gasteiger partial charge is 0.472 e. The lowest BCUT2D eigenvalue weighted by atomic mass is 10.2. The highest BCUT2D eigenvalue weighted by Gasteiger charge is 2.16. The van der Waals surface area contributed by atoms with E-state index in [-0.39, 0.29) is 28.4 Å². The highest BCUT2D eigenvalue weighted by molar-refractivity contribution is 9.10. The maximum absolute atomic E-state index is 13.8. The number of halogens is 3. The molecule has 0 spiro atoms. The van der Waals surface area contributed by atoms with Crippen LogP contribution in [-0.4, -0.2) is 22.5 Å². The molecule has 2 aromatic carbocycles. The smallest absolute Gasteiger partial charge is 0.276 e. The zero-order valence-electron chi connectivity index (χ0n) is 15.5. The SMILES string of the molecule is CNC(=O)c1ccc(-n2c(C)nc(OCc3ccc(F)cc3F)c(Br)c2=O)cc1. The van der Waals surface area contributed by atoms with Gasteiger partial charge in [-0.05, 0) is 59.3 Å². The highest BCUT2D eigenvalue weighted by Crippen LogP contribution is 2.22. The number of nitrogens with one attached hydrogen (secondary N) is 1. The second-order valence-corrected chi connectivity index (χ2v) is 6.86. The van der Waals surface area contributed by atoms with E-state index < -0.39 is 17.2 Å². The zero-order chi connectivity index (χ0) is 21.1. The molecule has 0 saturated carbocycles. The summed E-state index contributed by atoms with van der Waals surface area (Å²) in [6.07, 6.45) is 0. The lowest BCUT2D eigenvalue weighted by molar-refractivity contribution is 0.0963. The van der Waals surface area contributed by atoms with Crippen molar-refractivity contribution in [2.45, 2.75) is 13.5 Å². The topological polar surface area (TPSA) is 73.2 Å². The quantitative estimate of drug-likeness (QED) is 0.628. The molecule has 0 radical (unpaired) electrons. The normalized spacial score (nSPS) is 10.7. The summed E-state index contributed by atoms with van der Waals surface area (Å²) in [6.45, 7) is 1.40. The number of aryl methyl sites for hydroxylation is 1. The van der Waals surface area contributed by atoms with Crippen LogP contribution in [0.1, 0.15) is 21.7 Å². The van der Waals surface area contributed by atoms with Gasteiger partial charge in [0, 0.05) is 24.2 Å². The molecular formula is C20H16BrF2N3O3. The number of aromatic nitrogens is 2. The summed E-state index contributed by atoms with van der Waals surface area (Å²) in [6, 6.07) is 9.58. The van der Waals surface area contributed by atoms with E-state index >= 15 is 0 Å². The van der Waals surface area contributed by atoms with Crippen molar-refractivity contribution in [3.63, 3.8) is 0 Å². The third-order valence-electron chi connectivity index (χ3n) is 4.16. The second kappa shape index (κ2) is 8.52. The fourth-order valence-corrected chi connectivity index (χ4v) is 3.05. The second-order valence-electron chi connectivity index (χ2n) is 6.07. The summed E-state index contributed by atoms with van der Waals surface area (Å²) in [5.74, 6) is -1.35. The molecule has 0 aliphatic rings. The maximum atomic E-state index is 13.8. The van der Waals surface area contributed by atoms with E-state index in [1.54, 1.807) is 31.2 Å². The molecule has 1 N–H and O–H groups in total. The van der Waals surface area contributed by atoms with Crippen molar-refractivity contribution in [2.24, 2.45) is 0 Å². The van der Waals surface area contributed by atoms with E-state index in [1.807, 2.05) is 0 Å². The molecule has 1 heterocycles. The van der Waals surface area contributed by atoms with Crippen molar-refractivity contribution in [3.8, 4) is 11.6 Å². The van der Waals surface area contributed by atoms with Crippen molar-refractivity contribution in [3.05, 3.63) is 85.9 Å². The van der Waals surface area contributed by atoms with Crippen LogP contribution >= 0.6 is 15.9 Å². The minimum absolute atomic E-state index is 0.00513. The Morgan fingerprint density at radius 3 is 2.52 bits per heavy atom. The maximum Gasteiger partial charge on any atom is 0.276 e. The summed E-state index contributed by atoms with van der Waals surface area (Å²) in [7, 11) is 1.53. The van der Waals surface area contributed by atoms with Gasteiger partial charge in [-0.3, -0.25) is 14.2 Å². The molecule has 1 aromatic heterocycles. The van der Waals surface area contributed by atoms with Gasteiger partial charge in [-0.1, -0.05) is 0 Å². The summed E-state index contributed by atoms with van der Waals surface area (Å²) in [4.78, 5) is 28.7. The van der Waals surface area contributed by atoms with Crippen molar-refractivity contribution >= 4 is 21.8 Å². The molecule has 0 unspecified atom stereocenters. The van der Waals surface area contributed by atoms with Crippen molar-refractivity contribution in [1.82, 2.24) is 14.9 Å². The van der Waals surface area contributed by atoms with Gasteiger partial charge in [0.15, 0.2) is 0 Å². The van der Waals surface area contributed by atoms with Gasteiger partial charge in [0.2, 0.25) is 5.88 Å². The Morgan fingerprint density at radius 1 is 1.21 bits per heavy atom. The average molecular weight is 464 g/mol. The van der Waals surface area contributed by atoms with Gasteiger partial charge >= 0.3 is 0 Å². The number of hydrogen-bond acceptors (Lipinski definition) is 4. The monoisotopic (exact) mass is 463 g/mol. The Balaban J connectivity index is 1.90. The van der Waals surface area contributed by atoms with Crippen molar-refractivity contribution < 1.29 is 18.3 Å². The molecular weight excluding hydrogens is 448 g/mol. The summed E-state index contributed by atoms with van der Waals surface area (Å²) in [5, 5.41) is 2.52. The molecule has 6 nitrogen and oxygen atoms in total. The minimum Gasteiger partial charge on any atom is -0.472 e. The molecule has 1 amide bonds. The first-order valence-corrected chi connectivity index (χ1v) is 9.29. The minimum atomic E-state index is -0.748. The number of nitrogens with zero attached hydrogens (tertiary/aromatic N) is 2. The number of hydrogen-bond donors (Lipinski definition) is 1. The lowest BCUT2D eigenvalue weighted by Crippen LogP contribution is -2.24. The van der Waals surface area contributed by atoms with E-state index in [0.29, 0.717) is 17.1 Å². The molecule has 150 valence electrons. The average Bonchev–Trinajstić information content (AvgIpc) is 2.70. The predicted molar refractivity (Wildman–Crippen MR) is 106 cm³/mol. The highest BCUT2D eigenvalue weighted by atomic mass is 79.9. The zero-order valence-corrected chi connectivity index (χ0v) is 17.1. The van der Waals surface area contributed by atoms with Gasteiger partial charge in [0.25, 0.3) is 11.5 Å². The van der Waals surface area contributed by atoms with Gasteiger partial charge < -0.3 is 10.1 Å². The third-order valence-corrected chi connectivity index (χ3v) is 4.84. The van der Waals surface area contributed by atoms with Crippen LogP contribution in [0.4, 0.5) is 8.78 Å². The van der Waals surface area contributed by atoms with Gasteiger partial charge in [-0.2, -0.15) is 4.98 Å². The molecule has 0 saturated heterocycles. The molecule has 3 aromatic rings. The molecule has 0 aliphatic heterocycles. The van der Waals surface area contributed by atoms with Gasteiger partial charge in [-0.25, -0.2) is 8.78 Å². The van der Waals surface area contributed by atoms with Crippen LogP contribution in [0.5, 0.6) is 5.88 Å². The Bertz CT molecular complexity index is 1130. The third kappa shape index (κ3) is 4.34. The van der Waals surface area contributed by atoms with Crippen LogP contribution in [0.15, 0.2) is 51.7 Å². The fourth-order valence-electron chi connectivity index (χ4n) is 2.67. The van der Waals surface area contributed by atoms with E-state index in [4.69, 9.17) is 4.74 Å². The molecule has 0 aliphatic carbocycles. The van der Waals surface area contributed by atoms with Crippen molar-refractivity contribution in [2.75, 3.05) is 7.05 Å². The summed E-state index contributed by atoms with van der Waals surface area (Å²) < 4.78 is 33.7. The van der Waals surface area contributed by atoms with E-state index in [2.05, 4.69) is 26.2 Å². The van der Waals surface area contributed by atoms with Crippen LogP contribution in [0.3, 0.4) is 0 Å². The van der Waals surface area contributed by atoms with Crippen LogP contribution in [-0.2, 0) is 6.61 Å². The standard InChI is InChI=1S/C20H16BrF2N3O3/c1-11-25-19(29-10-13-3-6-14(22)9-16(13)23)17(21)20(28)26(11)15-7-4-12(5-8-15)18(27)24-2/h3-9H,10H2,1-2H3,(H,24,27). The van der Waals surface area contributed by atoms with Gasteiger partial charge in [0.05, 0.1) is 5.69 Å². The molecule has 0 fully saturated rings. The predicted octanol–water partition coefficient (Wildman–Crippen LogP) is 3.52. The first-order chi connectivity index (χ1) is 13.8. The number of carbonyl (C=O) groups excluding carboxylic acids is 1. The number of carbonyl (C=O) groups is 1. The van der Waals surface area contributed by atoms with Crippen LogP contribution in [0.25, 0.3) is 5.69 Å². The lowest BCUT2D eigenvalue weighted by Gasteiger charge is -2.14. The van der Waals surface area contributed by atoms with Crippen LogP contribution in [0, 0.1) is 18.6 Å². The molecule has 3 rings (SSSR count). The number of rotatable bonds is 5. The number of ether oxygens (including phenoxy) is 1. The van der Waals surface area contributed by atoms with Crippen LogP contribution in [0.2, 0.25) is 0 Å². The van der Waals surface area contributed by atoms with Crippen molar-refractivity contribution in [1.29, 1.82) is 0 Å². The van der Waals surface area contributed by atoms with Gasteiger partial charge in [-0.15, -0.1) is 0 Å². The summed E-state index contributed by atoms with van der Waals surface area (Å²) >= 11 is 3.18. The first kappa shape index (κ1) is 20.7. The number of amides is 1. The summed E-state index contributed by atoms with van der Waals surface area (Å²) in [5.41, 5.74) is 0.672. The number of benzene rings is 2. The first-order valence-electron chi connectivity index (χ1n) is 8.50. The molecule has 0 atom stereocenters. The Hall–Kier alpha value is -3.07.